The van der Waals surface area contributed by atoms with Gasteiger partial charge in [-0.1, -0.05) is 60.2 Å². The molecule has 2 atom stereocenters. The zero-order valence-electron chi connectivity index (χ0n) is 13.5. The van der Waals surface area contributed by atoms with E-state index in [2.05, 4.69) is 54.0 Å². The van der Waals surface area contributed by atoms with Gasteiger partial charge in [0.15, 0.2) is 6.04 Å². The third kappa shape index (κ3) is 4.18. The first-order chi connectivity index (χ1) is 10.6. The summed E-state index contributed by atoms with van der Waals surface area (Å²) >= 11 is 0. The van der Waals surface area contributed by atoms with Crippen LogP contribution in [0.3, 0.4) is 0 Å². The van der Waals surface area contributed by atoms with Gasteiger partial charge >= 0.3 is 0 Å². The van der Waals surface area contributed by atoms with Crippen LogP contribution in [0.25, 0.3) is 0 Å². The van der Waals surface area contributed by atoms with Gasteiger partial charge in [0, 0.05) is 17.7 Å². The van der Waals surface area contributed by atoms with Gasteiger partial charge in [-0.25, -0.2) is 0 Å². The Morgan fingerprint density at radius 1 is 1.05 bits per heavy atom. The standard InChI is InChI=1S/C19H24N2O/c1-4-20-19(22)15(3)21-18(16-8-6-5-7-9-16)17-12-10-14(2)11-13-17/h5-13,15,18,21H,4H2,1-3H3,(H,20,22)/p+1/t15-,18+/m0/s1. The van der Waals surface area contributed by atoms with Crippen LogP contribution in [0.4, 0.5) is 0 Å². The third-order valence-corrected chi connectivity index (χ3v) is 3.84. The van der Waals surface area contributed by atoms with E-state index in [-0.39, 0.29) is 18.0 Å². The van der Waals surface area contributed by atoms with Crippen LogP contribution in [0.2, 0.25) is 0 Å². The first-order valence-electron chi connectivity index (χ1n) is 7.86. The van der Waals surface area contributed by atoms with E-state index < -0.39 is 0 Å². The second kappa shape index (κ2) is 7.76. The lowest BCUT2D eigenvalue weighted by molar-refractivity contribution is -0.704. The van der Waals surface area contributed by atoms with Gasteiger partial charge in [0.1, 0.15) is 6.04 Å². The molecular weight excluding hydrogens is 272 g/mol. The Morgan fingerprint density at radius 3 is 2.23 bits per heavy atom. The van der Waals surface area contributed by atoms with Gasteiger partial charge in [-0.05, 0) is 20.8 Å². The normalized spacial score (nSPS) is 13.4. The topological polar surface area (TPSA) is 45.7 Å². The number of amides is 1. The van der Waals surface area contributed by atoms with Crippen molar-refractivity contribution < 1.29 is 10.1 Å². The van der Waals surface area contributed by atoms with E-state index in [0.29, 0.717) is 6.54 Å². The lowest BCUT2D eigenvalue weighted by Crippen LogP contribution is -2.92. The highest BCUT2D eigenvalue weighted by atomic mass is 16.2. The van der Waals surface area contributed by atoms with E-state index in [4.69, 9.17) is 0 Å². The first kappa shape index (κ1) is 16.2. The van der Waals surface area contributed by atoms with Gasteiger partial charge in [-0.2, -0.15) is 0 Å². The van der Waals surface area contributed by atoms with Gasteiger partial charge in [0.25, 0.3) is 5.91 Å². The molecule has 1 amide bonds. The van der Waals surface area contributed by atoms with Gasteiger partial charge in [-0.3, -0.25) is 4.79 Å². The van der Waals surface area contributed by atoms with Crippen molar-refractivity contribution in [3.05, 3.63) is 71.3 Å². The molecule has 0 saturated heterocycles. The molecule has 116 valence electrons. The maximum absolute atomic E-state index is 12.1. The van der Waals surface area contributed by atoms with Crippen molar-refractivity contribution >= 4 is 5.91 Å². The van der Waals surface area contributed by atoms with Crippen molar-refractivity contribution in [3.63, 3.8) is 0 Å². The van der Waals surface area contributed by atoms with Crippen LogP contribution >= 0.6 is 0 Å². The quantitative estimate of drug-likeness (QED) is 0.843. The molecule has 22 heavy (non-hydrogen) atoms. The molecule has 0 heterocycles. The van der Waals surface area contributed by atoms with Crippen LogP contribution in [0.1, 0.15) is 36.6 Å². The average Bonchev–Trinajstić information content (AvgIpc) is 2.54. The Morgan fingerprint density at radius 2 is 1.64 bits per heavy atom. The number of rotatable bonds is 6. The van der Waals surface area contributed by atoms with Crippen molar-refractivity contribution in [2.45, 2.75) is 32.9 Å². The van der Waals surface area contributed by atoms with Crippen LogP contribution in [0, 0.1) is 6.92 Å². The molecule has 3 nitrogen and oxygen atoms in total. The Balaban J connectivity index is 2.26. The van der Waals surface area contributed by atoms with Crippen molar-refractivity contribution in [3.8, 4) is 0 Å². The Kier molecular flexibility index (Phi) is 5.73. The fourth-order valence-corrected chi connectivity index (χ4v) is 2.56. The fraction of sp³-hybridized carbons (Fsp3) is 0.316. The summed E-state index contributed by atoms with van der Waals surface area (Å²) in [6.07, 6.45) is 0. The van der Waals surface area contributed by atoms with E-state index in [9.17, 15) is 4.79 Å². The molecular formula is C19H25N2O+. The maximum Gasteiger partial charge on any atom is 0.277 e. The number of nitrogens with two attached hydrogens (primary N) is 1. The molecule has 0 bridgehead atoms. The van der Waals surface area contributed by atoms with Gasteiger partial charge in [0.05, 0.1) is 0 Å². The molecule has 3 N–H and O–H groups in total. The van der Waals surface area contributed by atoms with Gasteiger partial charge in [0.2, 0.25) is 0 Å². The molecule has 2 aromatic carbocycles. The van der Waals surface area contributed by atoms with E-state index in [1.54, 1.807) is 0 Å². The largest absolute Gasteiger partial charge is 0.351 e. The van der Waals surface area contributed by atoms with E-state index in [1.165, 1.54) is 16.7 Å². The second-order valence-electron chi connectivity index (χ2n) is 5.67. The predicted octanol–water partition coefficient (Wildman–Crippen LogP) is 2.17. The molecule has 0 aliphatic carbocycles. The number of hydrogen-bond donors (Lipinski definition) is 2. The molecule has 0 spiro atoms. The molecule has 0 unspecified atom stereocenters. The SMILES string of the molecule is CCNC(=O)[C@H](C)[NH2+][C@H](c1ccccc1)c1ccc(C)cc1. The van der Waals surface area contributed by atoms with Crippen molar-refractivity contribution in [1.82, 2.24) is 5.32 Å². The number of carbonyl (C=O) groups excluding carboxylic acids is 1. The minimum absolute atomic E-state index is 0.0792. The lowest BCUT2D eigenvalue weighted by Gasteiger charge is -2.20. The van der Waals surface area contributed by atoms with E-state index >= 15 is 0 Å². The molecule has 0 aromatic heterocycles. The smallest absolute Gasteiger partial charge is 0.277 e. The van der Waals surface area contributed by atoms with Crippen LogP contribution in [0.5, 0.6) is 0 Å². The monoisotopic (exact) mass is 297 g/mol. The van der Waals surface area contributed by atoms with Crippen LogP contribution in [0.15, 0.2) is 54.6 Å². The summed E-state index contributed by atoms with van der Waals surface area (Å²) in [4.78, 5) is 12.1. The number of quaternary nitrogens is 1. The number of carbonyl (C=O) groups is 1. The fourth-order valence-electron chi connectivity index (χ4n) is 2.56. The second-order valence-corrected chi connectivity index (χ2v) is 5.67. The highest BCUT2D eigenvalue weighted by Crippen LogP contribution is 2.18. The molecule has 3 heteroatoms. The average molecular weight is 297 g/mol. The highest BCUT2D eigenvalue weighted by Gasteiger charge is 2.24. The molecule has 0 saturated carbocycles. The molecule has 2 rings (SSSR count). The van der Waals surface area contributed by atoms with Crippen LogP contribution in [-0.2, 0) is 4.79 Å². The predicted molar refractivity (Wildman–Crippen MR) is 89.5 cm³/mol. The number of hydrogen-bond acceptors (Lipinski definition) is 1. The number of likely N-dealkylation sites (N-methyl/N-ethyl adjacent to an activating group) is 1. The molecule has 0 fully saturated rings. The van der Waals surface area contributed by atoms with Crippen molar-refractivity contribution in [2.75, 3.05) is 6.54 Å². The maximum atomic E-state index is 12.1. The highest BCUT2D eigenvalue weighted by molar-refractivity contribution is 5.79. The van der Waals surface area contributed by atoms with Crippen molar-refractivity contribution in [1.29, 1.82) is 0 Å². The van der Waals surface area contributed by atoms with Gasteiger partial charge in [-0.15, -0.1) is 0 Å². The summed E-state index contributed by atoms with van der Waals surface area (Å²) in [6.45, 7) is 6.65. The minimum atomic E-state index is -0.133. The number of nitrogens with one attached hydrogen (secondary N) is 1. The Labute approximate surface area is 132 Å². The zero-order chi connectivity index (χ0) is 15.9. The van der Waals surface area contributed by atoms with E-state index in [0.717, 1.165) is 0 Å². The molecule has 0 aliphatic rings. The third-order valence-electron chi connectivity index (χ3n) is 3.84. The summed E-state index contributed by atoms with van der Waals surface area (Å²) in [7, 11) is 0. The molecule has 2 aromatic rings. The van der Waals surface area contributed by atoms with Crippen molar-refractivity contribution in [2.24, 2.45) is 0 Å². The number of aryl methyl sites for hydroxylation is 1. The summed E-state index contributed by atoms with van der Waals surface area (Å²) in [6, 6.07) is 18.9. The number of benzene rings is 2. The Bertz CT molecular complexity index is 593. The summed E-state index contributed by atoms with van der Waals surface area (Å²) in [5.41, 5.74) is 3.67. The summed E-state index contributed by atoms with van der Waals surface area (Å²) in [5.74, 6) is 0.0792. The van der Waals surface area contributed by atoms with Gasteiger partial charge < -0.3 is 10.6 Å². The van der Waals surface area contributed by atoms with Crippen LogP contribution < -0.4 is 10.6 Å². The summed E-state index contributed by atoms with van der Waals surface area (Å²) < 4.78 is 0. The minimum Gasteiger partial charge on any atom is -0.351 e. The zero-order valence-corrected chi connectivity index (χ0v) is 13.5. The lowest BCUT2D eigenvalue weighted by atomic mass is 9.97. The molecule has 0 aliphatic heterocycles. The molecule has 0 radical (unpaired) electrons. The summed E-state index contributed by atoms with van der Waals surface area (Å²) in [5, 5.41) is 5.02. The van der Waals surface area contributed by atoms with E-state index in [1.807, 2.05) is 32.0 Å². The van der Waals surface area contributed by atoms with Crippen LogP contribution in [-0.4, -0.2) is 18.5 Å². The first-order valence-corrected chi connectivity index (χ1v) is 7.86. The Hall–Kier alpha value is -2.13.